The summed E-state index contributed by atoms with van der Waals surface area (Å²) in [5.74, 6) is -1.24. The second kappa shape index (κ2) is 5.27. The Labute approximate surface area is 116 Å². The number of aliphatic imine (C=N–C) groups is 1. The van der Waals surface area contributed by atoms with Gasteiger partial charge in [0, 0.05) is 9.91 Å². The van der Waals surface area contributed by atoms with Gasteiger partial charge in [0.15, 0.2) is 8.88 Å². The molecule has 2 nitrogen and oxygen atoms in total. The summed E-state index contributed by atoms with van der Waals surface area (Å²) in [6.45, 7) is 0.578. The number of allylic oxidation sites excluding steroid dienone is 1. The molecule has 1 heterocycles. The van der Waals surface area contributed by atoms with Crippen LogP contribution in [0.5, 0.6) is 0 Å². The fraction of sp³-hybridized carbons (Fsp3) is 0.167. The van der Waals surface area contributed by atoms with Crippen molar-refractivity contribution in [3.8, 4) is 0 Å². The van der Waals surface area contributed by atoms with E-state index in [9.17, 15) is 16.0 Å². The Hall–Kier alpha value is -1.25. The van der Waals surface area contributed by atoms with Gasteiger partial charge in [0.25, 0.3) is 5.30 Å². The Kier molecular flexibility index (Phi) is 3.99. The molecule has 0 bridgehead atoms. The van der Waals surface area contributed by atoms with Crippen LogP contribution in [0.1, 0.15) is 11.1 Å². The first-order valence-corrected chi connectivity index (χ1v) is 8.77. The van der Waals surface area contributed by atoms with Crippen molar-refractivity contribution in [3.63, 3.8) is 0 Å². The molecule has 2 rings (SSSR count). The Morgan fingerprint density at radius 2 is 1.90 bits per heavy atom. The Balaban J connectivity index is 2.29. The smallest absolute Gasteiger partial charge is 0.293 e. The van der Waals surface area contributed by atoms with Gasteiger partial charge in [-0.2, -0.15) is 4.39 Å². The predicted octanol–water partition coefficient (Wildman–Crippen LogP) is 3.50. The third-order valence-electron chi connectivity index (χ3n) is 2.50. The van der Waals surface area contributed by atoms with Crippen LogP contribution in [0.15, 0.2) is 41.4 Å². The number of aliphatic hydroxyl groups is 1. The fourth-order valence-corrected chi connectivity index (χ4v) is 4.10. The van der Waals surface area contributed by atoms with E-state index in [0.717, 1.165) is 11.3 Å². The van der Waals surface area contributed by atoms with Gasteiger partial charge >= 0.3 is 0 Å². The van der Waals surface area contributed by atoms with E-state index in [1.807, 2.05) is 6.08 Å². The molecule has 1 aliphatic rings. The van der Waals surface area contributed by atoms with Gasteiger partial charge in [0.05, 0.1) is 18.0 Å². The first kappa shape index (κ1) is 15.1. The third kappa shape index (κ3) is 4.12. The van der Waals surface area contributed by atoms with E-state index in [1.54, 1.807) is 18.2 Å². The fourth-order valence-electron chi connectivity index (χ4n) is 1.74. The van der Waals surface area contributed by atoms with Gasteiger partial charge in [-0.3, -0.25) is 4.99 Å². The minimum Gasteiger partial charge on any atom is -0.329 e. The van der Waals surface area contributed by atoms with Crippen LogP contribution in [0.3, 0.4) is 0 Å². The standard InChI is InChI=1S/C12H11F4NOS2/c13-12(18)19-20(14,15,16)8-9-3-5-10(6-4-9)11-2-1-7-17-11/h1-6,18H,7-8H2. The number of halogens is 4. The topological polar surface area (TPSA) is 32.6 Å². The third-order valence-corrected chi connectivity index (χ3v) is 5.41. The summed E-state index contributed by atoms with van der Waals surface area (Å²) in [5.41, 5.74) is 1.50. The molecule has 0 unspecified atom stereocenters. The van der Waals surface area contributed by atoms with Crippen molar-refractivity contribution in [1.29, 1.82) is 0 Å². The molecule has 1 aromatic rings. The van der Waals surface area contributed by atoms with Crippen molar-refractivity contribution >= 4 is 29.8 Å². The van der Waals surface area contributed by atoms with E-state index in [1.165, 1.54) is 12.1 Å². The first-order chi connectivity index (χ1) is 9.23. The lowest BCUT2D eigenvalue weighted by molar-refractivity contribution is 0.477. The van der Waals surface area contributed by atoms with Gasteiger partial charge in [0.2, 0.25) is 0 Å². The summed E-state index contributed by atoms with van der Waals surface area (Å²) < 4.78 is 52.3. The summed E-state index contributed by atoms with van der Waals surface area (Å²) in [6.07, 6.45) is 3.66. The molecule has 0 atom stereocenters. The normalized spacial score (nSPS) is 16.4. The number of rotatable bonds is 3. The van der Waals surface area contributed by atoms with E-state index < -0.39 is 29.8 Å². The van der Waals surface area contributed by atoms with Crippen LogP contribution < -0.4 is 0 Å². The maximum atomic E-state index is 13.4. The quantitative estimate of drug-likeness (QED) is 0.515. The second-order valence-electron chi connectivity index (χ2n) is 4.11. The molecule has 0 aliphatic carbocycles. The van der Waals surface area contributed by atoms with Gasteiger partial charge in [-0.1, -0.05) is 30.3 Å². The maximum absolute atomic E-state index is 13.4. The monoisotopic (exact) mass is 325 g/mol. The lowest BCUT2D eigenvalue weighted by Gasteiger charge is -2.19. The highest BCUT2D eigenvalue weighted by Crippen LogP contribution is 2.37. The van der Waals surface area contributed by atoms with Crippen LogP contribution in [-0.2, 0) is 24.5 Å². The van der Waals surface area contributed by atoms with E-state index >= 15 is 0 Å². The molecule has 0 saturated carbocycles. The lowest BCUT2D eigenvalue weighted by atomic mass is 10.1. The summed E-state index contributed by atoms with van der Waals surface area (Å²) in [7, 11) is -7.60. The summed E-state index contributed by atoms with van der Waals surface area (Å²) >= 11 is 0. The minimum atomic E-state index is -6.56. The molecule has 1 aliphatic heterocycles. The van der Waals surface area contributed by atoms with Crippen molar-refractivity contribution in [3.05, 3.63) is 47.5 Å². The molecular formula is C12H11F4NOS2. The van der Waals surface area contributed by atoms with E-state index in [-0.39, 0.29) is 5.56 Å². The average Bonchev–Trinajstić information content (AvgIpc) is 2.79. The predicted molar refractivity (Wildman–Crippen MR) is 77.5 cm³/mol. The zero-order chi connectivity index (χ0) is 14.8. The van der Waals surface area contributed by atoms with Crippen LogP contribution in [0.4, 0.5) is 16.0 Å². The van der Waals surface area contributed by atoms with Gasteiger partial charge in [-0.05, 0) is 17.2 Å². The Bertz CT molecular complexity index is 682. The summed E-state index contributed by atoms with van der Waals surface area (Å²) in [5, 5.41) is 6.05. The second-order valence-corrected chi connectivity index (χ2v) is 8.87. The summed E-state index contributed by atoms with van der Waals surface area (Å²) in [6, 6.07) is 5.79. The summed E-state index contributed by atoms with van der Waals surface area (Å²) in [4.78, 5) is 4.16. The van der Waals surface area contributed by atoms with Crippen molar-refractivity contribution in [2.75, 3.05) is 6.54 Å². The van der Waals surface area contributed by atoms with Gasteiger partial charge < -0.3 is 5.11 Å². The molecule has 0 aromatic heterocycles. The molecule has 1 N–H and O–H groups in total. The number of benzene rings is 1. The zero-order valence-corrected chi connectivity index (χ0v) is 11.7. The Morgan fingerprint density at radius 3 is 2.40 bits per heavy atom. The van der Waals surface area contributed by atoms with Crippen LogP contribution in [0.25, 0.3) is 0 Å². The van der Waals surface area contributed by atoms with Crippen molar-refractivity contribution in [2.24, 2.45) is 4.99 Å². The molecular weight excluding hydrogens is 314 g/mol. The lowest BCUT2D eigenvalue weighted by Crippen LogP contribution is -2.15. The minimum absolute atomic E-state index is 0.0274. The van der Waals surface area contributed by atoms with Gasteiger partial charge in [-0.25, -0.2) is 0 Å². The van der Waals surface area contributed by atoms with Crippen molar-refractivity contribution in [1.82, 2.24) is 0 Å². The molecule has 110 valence electrons. The molecule has 1 aromatic carbocycles. The van der Waals surface area contributed by atoms with Crippen LogP contribution in [-0.4, -0.2) is 22.7 Å². The largest absolute Gasteiger partial charge is 0.329 e. The molecule has 8 heteroatoms. The van der Waals surface area contributed by atoms with Crippen LogP contribution in [0.2, 0.25) is 0 Å². The number of hydrogen-bond acceptors (Lipinski definition) is 1. The van der Waals surface area contributed by atoms with Crippen molar-refractivity contribution in [2.45, 2.75) is 5.75 Å². The molecule has 0 spiro atoms. The number of hydrogen-bond donors (Lipinski definition) is 1. The van der Waals surface area contributed by atoms with E-state index in [4.69, 9.17) is 5.11 Å². The molecule has 20 heavy (non-hydrogen) atoms. The molecule has 0 fully saturated rings. The first-order valence-electron chi connectivity index (χ1n) is 5.53. The van der Waals surface area contributed by atoms with Gasteiger partial charge in [-0.15, -0.1) is 11.7 Å². The Morgan fingerprint density at radius 1 is 1.25 bits per heavy atom. The van der Waals surface area contributed by atoms with Crippen LogP contribution >= 0.6 is 0 Å². The average molecular weight is 325 g/mol. The van der Waals surface area contributed by atoms with Crippen LogP contribution in [0, 0.1) is 0 Å². The highest BCUT2D eigenvalue weighted by atomic mass is 32.9. The number of nitrogens with zero attached hydrogens (tertiary/aromatic N) is 1. The van der Waals surface area contributed by atoms with E-state index in [2.05, 4.69) is 4.99 Å². The molecule has 0 saturated heterocycles. The highest BCUT2D eigenvalue weighted by molar-refractivity contribution is 8.47. The zero-order valence-electron chi connectivity index (χ0n) is 10.1. The maximum Gasteiger partial charge on any atom is 0.293 e. The SMILES string of the molecule is OC(F)=S=S(F)(F)(F)Cc1ccc(C2=NCC=C2)cc1. The van der Waals surface area contributed by atoms with Gasteiger partial charge in [0.1, 0.15) is 0 Å². The van der Waals surface area contributed by atoms with E-state index in [0.29, 0.717) is 6.54 Å². The molecule has 0 radical (unpaired) electrons. The highest BCUT2D eigenvalue weighted by Gasteiger charge is 2.31. The number of aliphatic hydroxyl groups excluding tert-OH is 1. The van der Waals surface area contributed by atoms with Crippen molar-refractivity contribution < 1.29 is 21.2 Å². The molecule has 0 amide bonds.